The summed E-state index contributed by atoms with van der Waals surface area (Å²) in [6, 6.07) is 0. The average Bonchev–Trinajstić information content (AvgIpc) is 1.41. The quantitative estimate of drug-likeness (QED) is 0.480. The minimum absolute atomic E-state index is 0.167. The molecule has 0 saturated carbocycles. The molecular weight excluding hydrogens is 124 g/mol. The van der Waals surface area contributed by atoms with Crippen molar-refractivity contribution in [2.45, 2.75) is 20.0 Å². The Morgan fingerprint density at radius 3 is 1.50 bits per heavy atom. The summed E-state index contributed by atoms with van der Waals surface area (Å²) < 4.78 is 8.00. The Kier molecular flexibility index (Phi) is 14.3. The molecule has 6 heavy (non-hydrogen) atoms. The fraction of sp³-hybridized carbons (Fsp3) is 1.00. The van der Waals surface area contributed by atoms with Crippen LogP contribution in [-0.2, 0) is 19.8 Å². The molecule has 0 aromatic heterocycles. The number of rotatable bonds is 0. The van der Waals surface area contributed by atoms with E-state index in [-0.39, 0.29) is 6.10 Å². The van der Waals surface area contributed by atoms with Crippen LogP contribution in [0.2, 0.25) is 0 Å². The third kappa shape index (κ3) is 589. The summed E-state index contributed by atoms with van der Waals surface area (Å²) in [7, 11) is 0. The van der Waals surface area contributed by atoms with Crippen LogP contribution >= 0.6 is 0 Å². The van der Waals surface area contributed by atoms with Gasteiger partial charge in [-0.1, -0.05) is 0 Å². The zero-order valence-corrected chi connectivity index (χ0v) is 4.89. The monoisotopic (exact) mass is 132 g/mol. The van der Waals surface area contributed by atoms with E-state index < -0.39 is 0 Å². The van der Waals surface area contributed by atoms with Crippen LogP contribution in [0.15, 0.2) is 0 Å². The third-order valence-electron chi connectivity index (χ3n) is 0. The molecule has 0 aromatic rings. The Morgan fingerprint density at radius 2 is 1.50 bits per heavy atom. The first-order valence-corrected chi connectivity index (χ1v) is 2.01. The zero-order valence-electron chi connectivity index (χ0n) is 3.79. The Balaban J connectivity index is 0. The van der Waals surface area contributed by atoms with Crippen molar-refractivity contribution in [3.05, 3.63) is 0 Å². The van der Waals surface area contributed by atoms with Gasteiger partial charge in [0.1, 0.15) is 0 Å². The van der Waals surface area contributed by atoms with Crippen LogP contribution in [0.4, 0.5) is 0 Å². The summed E-state index contributed by atoms with van der Waals surface area (Å²) in [6.07, 6.45) is -0.167. The van der Waals surface area contributed by atoms with E-state index in [0.717, 1.165) is 0 Å². The van der Waals surface area contributed by atoms with Crippen molar-refractivity contribution in [3.8, 4) is 0 Å². The molecule has 0 unspecified atom stereocenters. The molecule has 3 heteroatoms. The van der Waals surface area contributed by atoms with Crippen molar-refractivity contribution in [2.75, 3.05) is 0 Å². The van der Waals surface area contributed by atoms with Gasteiger partial charge in [0.2, 0.25) is 0 Å². The summed E-state index contributed by atoms with van der Waals surface area (Å²) in [5.74, 6) is 0. The molecule has 0 aromatic carbocycles. The molecule has 0 bridgehead atoms. The minimum atomic E-state index is -0.167. The van der Waals surface area contributed by atoms with E-state index in [4.69, 9.17) is 8.94 Å². The van der Waals surface area contributed by atoms with Gasteiger partial charge in [0.15, 0.2) is 0 Å². The molecule has 0 saturated heterocycles. The standard InChI is InChI=1S/C3H8O.Fe.O/c1-3(2)4;;/h3-4H,1-2H3;;. The number of hydrogen-bond acceptors (Lipinski definition) is 2. The van der Waals surface area contributed by atoms with Crippen molar-refractivity contribution in [1.82, 2.24) is 0 Å². The second-order valence-electron chi connectivity index (χ2n) is 1.09. The van der Waals surface area contributed by atoms with E-state index in [9.17, 15) is 0 Å². The van der Waals surface area contributed by atoms with Gasteiger partial charge < -0.3 is 5.11 Å². The van der Waals surface area contributed by atoms with Gasteiger partial charge in [0.05, 0.1) is 0 Å². The van der Waals surface area contributed by atoms with Gasteiger partial charge >= 0.3 is 19.8 Å². The maximum absolute atomic E-state index is 8.06. The normalized spacial score (nSPS) is 6.83. The van der Waals surface area contributed by atoms with Crippen molar-refractivity contribution in [3.63, 3.8) is 0 Å². The number of aliphatic hydroxyl groups excluding tert-OH is 1. The third-order valence-corrected chi connectivity index (χ3v) is 0. The predicted octanol–water partition coefficient (Wildman–Crippen LogP) is 0.266. The molecule has 1 N–H and O–H groups in total. The Labute approximate surface area is 45.6 Å². The second-order valence-corrected chi connectivity index (χ2v) is 1.09. The molecule has 0 radical (unpaired) electrons. The van der Waals surface area contributed by atoms with Crippen LogP contribution in [0.25, 0.3) is 0 Å². The number of hydrogen-bond donors (Lipinski definition) is 1. The topological polar surface area (TPSA) is 37.3 Å². The SMILES string of the molecule is CC(C)O.[O]=[Fe]. The molecule has 0 spiro atoms. The van der Waals surface area contributed by atoms with Crippen LogP contribution in [0.3, 0.4) is 0 Å². The van der Waals surface area contributed by atoms with E-state index in [0.29, 0.717) is 0 Å². The van der Waals surface area contributed by atoms with Crippen LogP contribution in [0, 0.1) is 0 Å². The van der Waals surface area contributed by atoms with Crippen molar-refractivity contribution in [1.29, 1.82) is 0 Å². The fourth-order valence-corrected chi connectivity index (χ4v) is 0. The Hall–Kier alpha value is 0.279. The van der Waals surface area contributed by atoms with Crippen LogP contribution in [0.5, 0.6) is 0 Å². The number of aliphatic hydroxyl groups is 1. The van der Waals surface area contributed by atoms with Crippen LogP contribution in [0.1, 0.15) is 13.8 Å². The van der Waals surface area contributed by atoms with Gasteiger partial charge in [0.25, 0.3) is 0 Å². The summed E-state index contributed by atoms with van der Waals surface area (Å²) in [4.78, 5) is 0. The average molecular weight is 132 g/mol. The summed E-state index contributed by atoms with van der Waals surface area (Å²) in [5.41, 5.74) is 0. The van der Waals surface area contributed by atoms with E-state index in [1.54, 1.807) is 13.8 Å². The van der Waals surface area contributed by atoms with Gasteiger partial charge in [0, 0.05) is 6.10 Å². The molecule has 0 aliphatic rings. The van der Waals surface area contributed by atoms with Crippen molar-refractivity contribution in [2.24, 2.45) is 0 Å². The Morgan fingerprint density at radius 1 is 1.50 bits per heavy atom. The van der Waals surface area contributed by atoms with Gasteiger partial charge in [-0.15, -0.1) is 0 Å². The fourth-order valence-electron chi connectivity index (χ4n) is 0. The Bertz CT molecular complexity index is 20.0. The molecule has 0 amide bonds. The molecule has 0 aliphatic heterocycles. The first-order valence-electron chi connectivity index (χ1n) is 1.56. The van der Waals surface area contributed by atoms with Gasteiger partial charge in [-0.25, -0.2) is 0 Å². The molecule has 2 nitrogen and oxygen atoms in total. The van der Waals surface area contributed by atoms with E-state index in [1.165, 1.54) is 0 Å². The summed E-state index contributed by atoms with van der Waals surface area (Å²) in [6.45, 7) is 3.44. The molecule has 40 valence electrons. The summed E-state index contributed by atoms with van der Waals surface area (Å²) in [5, 5.41) is 8.06. The molecule has 0 heterocycles. The molecule has 0 aliphatic carbocycles. The molecular formula is C3H8FeO2. The van der Waals surface area contributed by atoms with E-state index in [1.807, 2.05) is 15.9 Å². The van der Waals surface area contributed by atoms with Crippen molar-refractivity contribution < 1.29 is 24.9 Å². The summed E-state index contributed by atoms with van der Waals surface area (Å²) >= 11 is 2.00. The molecule has 0 fully saturated rings. The second kappa shape index (κ2) is 8.99. The van der Waals surface area contributed by atoms with E-state index >= 15 is 0 Å². The van der Waals surface area contributed by atoms with E-state index in [2.05, 4.69) is 0 Å². The van der Waals surface area contributed by atoms with Crippen molar-refractivity contribution >= 4 is 0 Å². The maximum atomic E-state index is 8.06. The first kappa shape index (κ1) is 9.56. The van der Waals surface area contributed by atoms with Gasteiger partial charge in [-0.3, -0.25) is 0 Å². The molecule has 0 atom stereocenters. The van der Waals surface area contributed by atoms with Crippen LogP contribution in [-0.4, -0.2) is 11.2 Å². The first-order chi connectivity index (χ1) is 2.73. The van der Waals surface area contributed by atoms with Crippen LogP contribution < -0.4 is 0 Å². The van der Waals surface area contributed by atoms with Gasteiger partial charge in [-0.2, -0.15) is 0 Å². The molecule has 0 rings (SSSR count). The zero-order chi connectivity index (χ0) is 5.58. The predicted molar refractivity (Wildman–Crippen MR) is 18.0 cm³/mol. The van der Waals surface area contributed by atoms with Gasteiger partial charge in [-0.05, 0) is 13.8 Å².